The van der Waals surface area contributed by atoms with E-state index in [1.165, 1.54) is 5.56 Å². The first kappa shape index (κ1) is 18.9. The Kier molecular flexibility index (Phi) is 5.44. The van der Waals surface area contributed by atoms with Crippen LogP contribution in [0.25, 0.3) is 11.3 Å². The zero-order chi connectivity index (χ0) is 20.2. The van der Waals surface area contributed by atoms with Crippen LogP contribution < -0.4 is 0 Å². The first-order valence-electron chi connectivity index (χ1n) is 10.0. The maximum Gasteiger partial charge on any atom is 0.226 e. The Hall–Kier alpha value is -3.39. The van der Waals surface area contributed by atoms with Crippen molar-refractivity contribution in [2.24, 2.45) is 10.9 Å². The van der Waals surface area contributed by atoms with Crippen LogP contribution in [0.5, 0.6) is 0 Å². The summed E-state index contributed by atoms with van der Waals surface area (Å²) in [6.45, 7) is 6.44. The SMILES string of the molecule is Cc1ccc(C2=NC(C(C)C)=C(c3ccccc3)C=C(c3ccccc3)O2)cc1. The molecule has 0 radical (unpaired) electrons. The van der Waals surface area contributed by atoms with Gasteiger partial charge in [-0.15, -0.1) is 0 Å². The average Bonchev–Trinajstić information content (AvgIpc) is 2.96. The van der Waals surface area contributed by atoms with E-state index in [1.807, 2.05) is 24.3 Å². The fraction of sp³-hybridized carbons (Fsp3) is 0.148. The van der Waals surface area contributed by atoms with Crippen LogP contribution in [-0.4, -0.2) is 5.90 Å². The summed E-state index contributed by atoms with van der Waals surface area (Å²) in [4.78, 5) is 5.03. The largest absolute Gasteiger partial charge is 0.438 e. The first-order chi connectivity index (χ1) is 14.1. The molecule has 1 heterocycles. The highest BCUT2D eigenvalue weighted by molar-refractivity contribution is 6.01. The normalized spacial score (nSPS) is 14.2. The summed E-state index contributed by atoms with van der Waals surface area (Å²) < 4.78 is 6.42. The zero-order valence-corrected chi connectivity index (χ0v) is 17.1. The quantitative estimate of drug-likeness (QED) is 0.484. The minimum absolute atomic E-state index is 0.251. The second-order valence-electron chi connectivity index (χ2n) is 7.58. The van der Waals surface area contributed by atoms with Crippen molar-refractivity contribution in [1.82, 2.24) is 0 Å². The van der Waals surface area contributed by atoms with E-state index in [2.05, 4.69) is 87.5 Å². The van der Waals surface area contributed by atoms with Gasteiger partial charge in [-0.1, -0.05) is 92.2 Å². The van der Waals surface area contributed by atoms with Gasteiger partial charge in [0.2, 0.25) is 5.90 Å². The molecule has 0 N–H and O–H groups in total. The van der Waals surface area contributed by atoms with Crippen LogP contribution in [0, 0.1) is 12.8 Å². The van der Waals surface area contributed by atoms with Crippen molar-refractivity contribution in [2.75, 3.05) is 0 Å². The Morgan fingerprint density at radius 1 is 0.690 bits per heavy atom. The fourth-order valence-corrected chi connectivity index (χ4v) is 3.38. The predicted octanol–water partition coefficient (Wildman–Crippen LogP) is 6.88. The Bertz CT molecular complexity index is 1070. The molecule has 0 aliphatic carbocycles. The molecule has 0 saturated carbocycles. The van der Waals surface area contributed by atoms with Gasteiger partial charge in [-0.25, -0.2) is 4.99 Å². The lowest BCUT2D eigenvalue weighted by molar-refractivity contribution is 0.508. The second kappa shape index (κ2) is 8.32. The maximum absolute atomic E-state index is 6.42. The van der Waals surface area contributed by atoms with E-state index in [0.29, 0.717) is 5.90 Å². The smallest absolute Gasteiger partial charge is 0.226 e. The minimum atomic E-state index is 0.251. The van der Waals surface area contributed by atoms with Gasteiger partial charge in [-0.05, 0) is 36.6 Å². The van der Waals surface area contributed by atoms with Crippen molar-refractivity contribution in [3.05, 3.63) is 119 Å². The number of allylic oxidation sites excluding steroid dienone is 3. The number of aryl methyl sites for hydroxylation is 1. The molecule has 0 unspecified atom stereocenters. The van der Waals surface area contributed by atoms with Gasteiger partial charge >= 0.3 is 0 Å². The molecule has 4 rings (SSSR count). The van der Waals surface area contributed by atoms with Crippen molar-refractivity contribution in [1.29, 1.82) is 0 Å². The Morgan fingerprint density at radius 3 is 1.86 bits per heavy atom. The monoisotopic (exact) mass is 379 g/mol. The molecule has 0 saturated heterocycles. The van der Waals surface area contributed by atoms with Crippen molar-refractivity contribution < 1.29 is 4.74 Å². The summed E-state index contributed by atoms with van der Waals surface area (Å²) in [5.74, 6) is 1.69. The van der Waals surface area contributed by atoms with E-state index in [9.17, 15) is 0 Å². The summed E-state index contributed by atoms with van der Waals surface area (Å²) in [5.41, 5.74) is 6.49. The summed E-state index contributed by atoms with van der Waals surface area (Å²) >= 11 is 0. The molecule has 0 bridgehead atoms. The van der Waals surface area contributed by atoms with E-state index < -0.39 is 0 Å². The number of rotatable bonds is 4. The lowest BCUT2D eigenvalue weighted by atomic mass is 9.96. The van der Waals surface area contributed by atoms with E-state index in [4.69, 9.17) is 9.73 Å². The summed E-state index contributed by atoms with van der Waals surface area (Å²) in [6, 6.07) is 29.0. The summed E-state index contributed by atoms with van der Waals surface area (Å²) in [7, 11) is 0. The van der Waals surface area contributed by atoms with Gasteiger partial charge in [0.15, 0.2) is 0 Å². The van der Waals surface area contributed by atoms with Crippen molar-refractivity contribution >= 4 is 17.2 Å². The van der Waals surface area contributed by atoms with E-state index >= 15 is 0 Å². The number of nitrogens with zero attached hydrogens (tertiary/aromatic N) is 1. The number of benzene rings is 3. The number of hydrogen-bond donors (Lipinski definition) is 0. The molecule has 2 nitrogen and oxygen atoms in total. The van der Waals surface area contributed by atoms with Crippen molar-refractivity contribution in [2.45, 2.75) is 20.8 Å². The van der Waals surface area contributed by atoms with E-state index in [-0.39, 0.29) is 5.92 Å². The van der Waals surface area contributed by atoms with Crippen molar-refractivity contribution in [3.8, 4) is 0 Å². The third-order valence-corrected chi connectivity index (χ3v) is 4.97. The topological polar surface area (TPSA) is 21.6 Å². The Morgan fingerprint density at radius 2 is 1.28 bits per heavy atom. The maximum atomic E-state index is 6.42. The van der Waals surface area contributed by atoms with Crippen LogP contribution in [-0.2, 0) is 4.74 Å². The molecule has 3 aromatic rings. The van der Waals surface area contributed by atoms with Crippen LogP contribution in [0.3, 0.4) is 0 Å². The number of ether oxygens (including phenoxy) is 1. The van der Waals surface area contributed by atoms with Gasteiger partial charge in [-0.3, -0.25) is 0 Å². The average molecular weight is 380 g/mol. The second-order valence-corrected chi connectivity index (χ2v) is 7.58. The third kappa shape index (κ3) is 4.22. The zero-order valence-electron chi connectivity index (χ0n) is 17.1. The molecule has 0 fully saturated rings. The molecule has 0 atom stereocenters. The van der Waals surface area contributed by atoms with Crippen molar-refractivity contribution in [3.63, 3.8) is 0 Å². The fourth-order valence-electron chi connectivity index (χ4n) is 3.38. The third-order valence-electron chi connectivity index (χ3n) is 4.97. The number of hydrogen-bond acceptors (Lipinski definition) is 2. The van der Waals surface area contributed by atoms with Gasteiger partial charge in [0.05, 0.1) is 5.70 Å². The van der Waals surface area contributed by atoms with E-state index in [1.54, 1.807) is 0 Å². The Balaban J connectivity index is 1.94. The highest BCUT2D eigenvalue weighted by atomic mass is 16.5. The molecule has 0 spiro atoms. The predicted molar refractivity (Wildman–Crippen MR) is 121 cm³/mol. The van der Waals surface area contributed by atoms with Gasteiger partial charge in [0, 0.05) is 16.7 Å². The summed E-state index contributed by atoms with van der Waals surface area (Å²) in [5, 5.41) is 0. The molecule has 29 heavy (non-hydrogen) atoms. The highest BCUT2D eigenvalue weighted by Crippen LogP contribution is 2.33. The molecule has 1 aliphatic rings. The van der Waals surface area contributed by atoms with Crippen LogP contribution in [0.15, 0.2) is 102 Å². The van der Waals surface area contributed by atoms with Gasteiger partial charge in [-0.2, -0.15) is 0 Å². The molecule has 2 heteroatoms. The first-order valence-corrected chi connectivity index (χ1v) is 10.0. The minimum Gasteiger partial charge on any atom is -0.438 e. The van der Waals surface area contributed by atoms with Crippen LogP contribution in [0.1, 0.15) is 36.1 Å². The number of aliphatic imine (C=N–C) groups is 1. The molecule has 0 aromatic heterocycles. The lowest BCUT2D eigenvalue weighted by Crippen LogP contribution is -2.07. The van der Waals surface area contributed by atoms with Crippen LogP contribution in [0.2, 0.25) is 0 Å². The molecule has 0 amide bonds. The van der Waals surface area contributed by atoms with Crippen LogP contribution >= 0.6 is 0 Å². The molecular weight excluding hydrogens is 354 g/mol. The Labute approximate surface area is 172 Å². The highest BCUT2D eigenvalue weighted by Gasteiger charge is 2.20. The van der Waals surface area contributed by atoms with Gasteiger partial charge in [0.25, 0.3) is 0 Å². The van der Waals surface area contributed by atoms with Crippen LogP contribution in [0.4, 0.5) is 0 Å². The van der Waals surface area contributed by atoms with E-state index in [0.717, 1.165) is 33.7 Å². The van der Waals surface area contributed by atoms with Gasteiger partial charge in [0.1, 0.15) is 5.76 Å². The molecule has 1 aliphatic heterocycles. The summed E-state index contributed by atoms with van der Waals surface area (Å²) in [6.07, 6.45) is 2.13. The standard InChI is InChI=1S/C27H25NO/c1-19(2)26-24(21-10-6-4-7-11-21)18-25(22-12-8-5-9-13-22)29-27(28-26)23-16-14-20(3)15-17-23/h4-19H,1-3H3. The lowest BCUT2D eigenvalue weighted by Gasteiger charge is -2.12. The molecule has 144 valence electrons. The van der Waals surface area contributed by atoms with Gasteiger partial charge < -0.3 is 4.74 Å². The molecular formula is C27H25NO. The molecule has 3 aromatic carbocycles.